The average molecular weight is 249 g/mol. The third-order valence-electron chi connectivity index (χ3n) is 2.75. The molecule has 1 rings (SSSR count). The zero-order chi connectivity index (χ0) is 13.5. The maximum Gasteiger partial charge on any atom is 0.253 e. The van der Waals surface area contributed by atoms with E-state index in [1.54, 1.807) is 23.2 Å². The van der Waals surface area contributed by atoms with Crippen molar-refractivity contribution in [3.8, 4) is 0 Å². The highest BCUT2D eigenvalue weighted by Crippen LogP contribution is 2.10. The van der Waals surface area contributed by atoms with Crippen molar-refractivity contribution in [2.24, 2.45) is 5.92 Å². The lowest BCUT2D eigenvalue weighted by molar-refractivity contribution is 0.0789. The van der Waals surface area contributed by atoms with E-state index in [4.69, 9.17) is 0 Å². The van der Waals surface area contributed by atoms with Gasteiger partial charge in [0.15, 0.2) is 0 Å². The van der Waals surface area contributed by atoms with Crippen molar-refractivity contribution in [2.45, 2.75) is 27.2 Å². The summed E-state index contributed by atoms with van der Waals surface area (Å²) in [6.07, 6.45) is 2.69. The molecule has 0 saturated heterocycles. The van der Waals surface area contributed by atoms with Crippen LogP contribution in [0.3, 0.4) is 0 Å². The van der Waals surface area contributed by atoms with Crippen LogP contribution < -0.4 is 5.32 Å². The fourth-order valence-corrected chi connectivity index (χ4v) is 1.62. The number of pyridine rings is 1. The Morgan fingerprint density at radius 2 is 2.22 bits per heavy atom. The molecule has 0 aliphatic carbocycles. The molecule has 0 saturated carbocycles. The van der Waals surface area contributed by atoms with Gasteiger partial charge in [-0.05, 0) is 31.4 Å². The van der Waals surface area contributed by atoms with Gasteiger partial charge in [-0.2, -0.15) is 0 Å². The molecule has 1 aromatic rings. The Kier molecular flexibility index (Phi) is 5.62. The number of nitrogens with one attached hydrogen (secondary N) is 1. The maximum absolute atomic E-state index is 12.2. The lowest BCUT2D eigenvalue weighted by Crippen LogP contribution is -2.28. The largest absolute Gasteiger partial charge is 0.370 e. The number of hydrogen-bond donors (Lipinski definition) is 1. The van der Waals surface area contributed by atoms with Gasteiger partial charge in [-0.15, -0.1) is 0 Å². The van der Waals surface area contributed by atoms with Crippen molar-refractivity contribution in [3.05, 3.63) is 23.9 Å². The Labute approximate surface area is 109 Å². The van der Waals surface area contributed by atoms with Gasteiger partial charge in [0.2, 0.25) is 0 Å². The molecule has 0 fully saturated rings. The summed E-state index contributed by atoms with van der Waals surface area (Å²) < 4.78 is 0. The first-order valence-corrected chi connectivity index (χ1v) is 6.50. The normalized spacial score (nSPS) is 10.5. The summed E-state index contributed by atoms with van der Waals surface area (Å²) >= 11 is 0. The Hall–Kier alpha value is -1.58. The second kappa shape index (κ2) is 6.99. The number of carbonyl (C=O) groups excluding carboxylic acids is 1. The zero-order valence-corrected chi connectivity index (χ0v) is 11.7. The second-order valence-corrected chi connectivity index (χ2v) is 4.87. The molecule has 100 valence electrons. The number of nitrogens with zero attached hydrogens (tertiary/aromatic N) is 2. The molecule has 1 N–H and O–H groups in total. The molecule has 4 nitrogen and oxygen atoms in total. The number of carbonyl (C=O) groups is 1. The first-order valence-electron chi connectivity index (χ1n) is 6.50. The highest BCUT2D eigenvalue weighted by atomic mass is 16.2. The van der Waals surface area contributed by atoms with Crippen LogP contribution in [0, 0.1) is 5.92 Å². The summed E-state index contributed by atoms with van der Waals surface area (Å²) in [6.45, 7) is 7.91. The lowest BCUT2D eigenvalue weighted by atomic mass is 10.1. The third-order valence-corrected chi connectivity index (χ3v) is 2.75. The number of anilines is 1. The molecule has 0 atom stereocenters. The first kappa shape index (κ1) is 14.5. The molecule has 18 heavy (non-hydrogen) atoms. The van der Waals surface area contributed by atoms with Gasteiger partial charge in [-0.25, -0.2) is 4.98 Å². The van der Waals surface area contributed by atoms with Gasteiger partial charge in [0.05, 0.1) is 0 Å². The van der Waals surface area contributed by atoms with Gasteiger partial charge in [0.1, 0.15) is 5.82 Å². The van der Waals surface area contributed by atoms with E-state index in [-0.39, 0.29) is 5.91 Å². The van der Waals surface area contributed by atoms with Crippen LogP contribution in [0.25, 0.3) is 0 Å². The van der Waals surface area contributed by atoms with Crippen LogP contribution in [-0.2, 0) is 0 Å². The number of aromatic nitrogens is 1. The number of rotatable bonds is 6. The van der Waals surface area contributed by atoms with Crippen LogP contribution in [0.2, 0.25) is 0 Å². The van der Waals surface area contributed by atoms with Crippen LogP contribution in [0.4, 0.5) is 5.82 Å². The summed E-state index contributed by atoms with van der Waals surface area (Å²) in [5, 5.41) is 3.11. The Bertz CT molecular complexity index is 390. The quantitative estimate of drug-likeness (QED) is 0.843. The van der Waals surface area contributed by atoms with Gasteiger partial charge in [-0.1, -0.05) is 13.8 Å². The lowest BCUT2D eigenvalue weighted by Gasteiger charge is -2.18. The molecular formula is C14H23N3O. The number of hydrogen-bond acceptors (Lipinski definition) is 3. The number of amides is 1. The average Bonchev–Trinajstić information content (AvgIpc) is 2.35. The Morgan fingerprint density at radius 1 is 1.50 bits per heavy atom. The van der Waals surface area contributed by atoms with E-state index in [0.717, 1.165) is 25.3 Å². The van der Waals surface area contributed by atoms with Crippen LogP contribution >= 0.6 is 0 Å². The minimum Gasteiger partial charge on any atom is -0.370 e. The van der Waals surface area contributed by atoms with Crippen LogP contribution in [0.1, 0.15) is 37.6 Å². The van der Waals surface area contributed by atoms with Crippen molar-refractivity contribution in [1.29, 1.82) is 0 Å². The fourth-order valence-electron chi connectivity index (χ4n) is 1.62. The Morgan fingerprint density at radius 3 is 2.83 bits per heavy atom. The van der Waals surface area contributed by atoms with Gasteiger partial charge in [0, 0.05) is 31.9 Å². The topological polar surface area (TPSA) is 45.2 Å². The Balaban J connectivity index is 2.67. The molecule has 0 aliphatic heterocycles. The molecule has 0 aromatic carbocycles. The summed E-state index contributed by atoms with van der Waals surface area (Å²) in [4.78, 5) is 18.1. The van der Waals surface area contributed by atoms with Crippen molar-refractivity contribution in [3.63, 3.8) is 0 Å². The monoisotopic (exact) mass is 249 g/mol. The molecule has 0 aliphatic rings. The zero-order valence-electron chi connectivity index (χ0n) is 11.7. The van der Waals surface area contributed by atoms with Gasteiger partial charge in [-0.3, -0.25) is 4.79 Å². The molecule has 4 heteroatoms. The highest BCUT2D eigenvalue weighted by molar-refractivity contribution is 5.94. The van der Waals surface area contributed by atoms with Crippen molar-refractivity contribution < 1.29 is 4.79 Å². The van der Waals surface area contributed by atoms with E-state index in [0.29, 0.717) is 11.5 Å². The van der Waals surface area contributed by atoms with E-state index in [1.165, 1.54) is 0 Å². The SMILES string of the molecule is CCNc1cc(C(=O)N(C)CCC(C)C)ccn1. The molecule has 1 amide bonds. The summed E-state index contributed by atoms with van der Waals surface area (Å²) in [6, 6.07) is 3.56. The van der Waals surface area contributed by atoms with Gasteiger partial charge < -0.3 is 10.2 Å². The van der Waals surface area contributed by atoms with Gasteiger partial charge >= 0.3 is 0 Å². The summed E-state index contributed by atoms with van der Waals surface area (Å²) in [7, 11) is 1.85. The molecule has 0 spiro atoms. The highest BCUT2D eigenvalue weighted by Gasteiger charge is 2.12. The fraction of sp³-hybridized carbons (Fsp3) is 0.571. The van der Waals surface area contributed by atoms with E-state index in [9.17, 15) is 4.79 Å². The first-order chi connectivity index (χ1) is 8.54. The van der Waals surface area contributed by atoms with Crippen LogP contribution in [0.15, 0.2) is 18.3 Å². The second-order valence-electron chi connectivity index (χ2n) is 4.87. The molecule has 0 radical (unpaired) electrons. The van der Waals surface area contributed by atoms with Gasteiger partial charge in [0.25, 0.3) is 5.91 Å². The summed E-state index contributed by atoms with van der Waals surface area (Å²) in [5.41, 5.74) is 0.687. The maximum atomic E-state index is 12.2. The van der Waals surface area contributed by atoms with Crippen molar-refractivity contribution in [1.82, 2.24) is 9.88 Å². The molecule has 1 heterocycles. The summed E-state index contributed by atoms with van der Waals surface area (Å²) in [5.74, 6) is 1.41. The van der Waals surface area contributed by atoms with E-state index >= 15 is 0 Å². The standard InChI is InChI=1S/C14H23N3O/c1-5-15-13-10-12(6-8-16-13)14(18)17(4)9-7-11(2)3/h6,8,10-11H,5,7,9H2,1-4H3,(H,15,16). The van der Waals surface area contributed by atoms with Crippen molar-refractivity contribution in [2.75, 3.05) is 25.5 Å². The van der Waals surface area contributed by atoms with Crippen LogP contribution in [-0.4, -0.2) is 35.9 Å². The minimum atomic E-state index is 0.0530. The van der Waals surface area contributed by atoms with E-state index < -0.39 is 0 Å². The third kappa shape index (κ3) is 4.35. The predicted molar refractivity (Wildman–Crippen MR) is 74.8 cm³/mol. The van der Waals surface area contributed by atoms with E-state index in [2.05, 4.69) is 24.1 Å². The molecule has 1 aromatic heterocycles. The molecular weight excluding hydrogens is 226 g/mol. The van der Waals surface area contributed by atoms with E-state index in [1.807, 2.05) is 14.0 Å². The smallest absolute Gasteiger partial charge is 0.253 e. The predicted octanol–water partition coefficient (Wildman–Crippen LogP) is 2.63. The minimum absolute atomic E-state index is 0.0530. The van der Waals surface area contributed by atoms with Crippen LogP contribution in [0.5, 0.6) is 0 Å². The van der Waals surface area contributed by atoms with Crippen molar-refractivity contribution >= 4 is 11.7 Å². The molecule has 0 unspecified atom stereocenters. The molecule has 0 bridgehead atoms.